The Kier molecular flexibility index (Phi) is 5.02. The number of carbonyl (C=O) groups is 2. The van der Waals surface area contributed by atoms with Crippen LogP contribution in [0.15, 0.2) is 24.3 Å². The number of anilines is 1. The maximum Gasteiger partial charge on any atom is 0.253 e. The SMILES string of the molecule is O=C(C[C@H]1C[C@H]2CC[C@H]1C2)Nc1cccc(C(=O)N2CCSCC2)c1. The van der Waals surface area contributed by atoms with Gasteiger partial charge in [-0.3, -0.25) is 9.59 Å². The van der Waals surface area contributed by atoms with Crippen LogP contribution in [0.4, 0.5) is 5.69 Å². The van der Waals surface area contributed by atoms with Gasteiger partial charge in [0.15, 0.2) is 0 Å². The number of thioether (sulfide) groups is 1. The maximum absolute atomic E-state index is 12.6. The van der Waals surface area contributed by atoms with Gasteiger partial charge in [0.05, 0.1) is 0 Å². The average Bonchev–Trinajstić information content (AvgIpc) is 3.25. The highest BCUT2D eigenvalue weighted by molar-refractivity contribution is 7.99. The van der Waals surface area contributed by atoms with Crippen molar-refractivity contribution in [3.05, 3.63) is 29.8 Å². The van der Waals surface area contributed by atoms with Gasteiger partial charge in [-0.25, -0.2) is 0 Å². The molecule has 4 nitrogen and oxygen atoms in total. The van der Waals surface area contributed by atoms with Gasteiger partial charge in [0.1, 0.15) is 0 Å². The Morgan fingerprint density at radius 1 is 1.16 bits per heavy atom. The molecule has 3 fully saturated rings. The molecule has 0 spiro atoms. The first-order valence-electron chi connectivity index (χ1n) is 9.46. The third kappa shape index (κ3) is 3.86. The summed E-state index contributed by atoms with van der Waals surface area (Å²) in [5.74, 6) is 4.37. The van der Waals surface area contributed by atoms with Crippen LogP contribution in [0.2, 0.25) is 0 Å². The highest BCUT2D eigenvalue weighted by Gasteiger charge is 2.40. The lowest BCUT2D eigenvalue weighted by Gasteiger charge is -2.26. The summed E-state index contributed by atoms with van der Waals surface area (Å²) in [6.07, 6.45) is 5.85. The fourth-order valence-electron chi connectivity index (χ4n) is 4.76. The largest absolute Gasteiger partial charge is 0.337 e. The van der Waals surface area contributed by atoms with Crippen molar-refractivity contribution >= 4 is 29.3 Å². The molecule has 2 bridgehead atoms. The van der Waals surface area contributed by atoms with Gasteiger partial charge in [-0.15, -0.1) is 0 Å². The van der Waals surface area contributed by atoms with Gasteiger partial charge in [-0.2, -0.15) is 11.8 Å². The van der Waals surface area contributed by atoms with E-state index in [4.69, 9.17) is 0 Å². The Hall–Kier alpha value is -1.49. The van der Waals surface area contributed by atoms with Gasteiger partial charge >= 0.3 is 0 Å². The van der Waals surface area contributed by atoms with Crippen LogP contribution in [0.25, 0.3) is 0 Å². The molecule has 1 aliphatic heterocycles. The number of hydrogen-bond acceptors (Lipinski definition) is 3. The molecule has 1 aromatic rings. The minimum absolute atomic E-state index is 0.0736. The van der Waals surface area contributed by atoms with E-state index in [0.717, 1.165) is 42.1 Å². The smallest absolute Gasteiger partial charge is 0.253 e. The first-order chi connectivity index (χ1) is 12.2. The molecule has 0 aromatic heterocycles. The number of amides is 2. The molecular formula is C20H26N2O2S. The van der Waals surface area contributed by atoms with Crippen LogP contribution in [0, 0.1) is 17.8 Å². The van der Waals surface area contributed by atoms with Crippen molar-refractivity contribution in [2.24, 2.45) is 17.8 Å². The molecule has 25 heavy (non-hydrogen) atoms. The van der Waals surface area contributed by atoms with E-state index in [-0.39, 0.29) is 11.8 Å². The number of hydrogen-bond donors (Lipinski definition) is 1. The highest BCUT2D eigenvalue weighted by Crippen LogP contribution is 2.49. The predicted molar refractivity (Wildman–Crippen MR) is 102 cm³/mol. The zero-order valence-corrected chi connectivity index (χ0v) is 15.4. The van der Waals surface area contributed by atoms with Crippen LogP contribution in [0.5, 0.6) is 0 Å². The number of benzene rings is 1. The van der Waals surface area contributed by atoms with Crippen molar-refractivity contribution in [1.82, 2.24) is 4.90 Å². The number of rotatable bonds is 4. The van der Waals surface area contributed by atoms with E-state index in [0.29, 0.717) is 17.9 Å². The van der Waals surface area contributed by atoms with Gasteiger partial charge < -0.3 is 10.2 Å². The third-order valence-electron chi connectivity index (χ3n) is 6.02. The molecule has 2 amide bonds. The number of fused-ring (bicyclic) bond motifs is 2. The van der Waals surface area contributed by atoms with Crippen LogP contribution in [-0.4, -0.2) is 41.3 Å². The first kappa shape index (κ1) is 17.0. The Bertz CT molecular complexity index is 657. The second-order valence-electron chi connectivity index (χ2n) is 7.67. The van der Waals surface area contributed by atoms with Crippen LogP contribution in [0.3, 0.4) is 0 Å². The fourth-order valence-corrected chi connectivity index (χ4v) is 5.66. The average molecular weight is 359 g/mol. The highest BCUT2D eigenvalue weighted by atomic mass is 32.2. The van der Waals surface area contributed by atoms with Gasteiger partial charge in [-0.05, 0) is 55.2 Å². The van der Waals surface area contributed by atoms with Crippen LogP contribution in [0.1, 0.15) is 42.5 Å². The van der Waals surface area contributed by atoms with Crippen molar-refractivity contribution in [3.63, 3.8) is 0 Å². The number of nitrogens with zero attached hydrogens (tertiary/aromatic N) is 1. The van der Waals surface area contributed by atoms with Gasteiger partial charge in [0.25, 0.3) is 5.91 Å². The topological polar surface area (TPSA) is 49.4 Å². The lowest BCUT2D eigenvalue weighted by molar-refractivity contribution is -0.117. The van der Waals surface area contributed by atoms with Crippen molar-refractivity contribution in [2.45, 2.75) is 32.1 Å². The Labute approximate surface area is 153 Å². The van der Waals surface area contributed by atoms with Crippen molar-refractivity contribution in [3.8, 4) is 0 Å². The minimum atomic E-state index is 0.0736. The Balaban J connectivity index is 1.36. The minimum Gasteiger partial charge on any atom is -0.337 e. The normalized spacial score (nSPS) is 28.2. The van der Waals surface area contributed by atoms with E-state index >= 15 is 0 Å². The molecule has 1 aromatic carbocycles. The molecule has 0 unspecified atom stereocenters. The van der Waals surface area contributed by atoms with Crippen LogP contribution < -0.4 is 5.32 Å². The number of carbonyl (C=O) groups excluding carboxylic acids is 2. The van der Waals surface area contributed by atoms with Crippen LogP contribution >= 0.6 is 11.8 Å². The molecule has 5 heteroatoms. The standard InChI is InChI=1S/C20H26N2O2S/c23-19(13-17-11-14-4-5-15(17)10-14)21-18-3-1-2-16(12-18)20(24)22-6-8-25-9-7-22/h1-3,12,14-15,17H,4-11,13H2,(H,21,23)/t14-,15-,17+/m0/s1. The molecule has 1 N–H and O–H groups in total. The lowest BCUT2D eigenvalue weighted by atomic mass is 9.86. The van der Waals surface area contributed by atoms with Gasteiger partial charge in [0, 0.05) is 42.3 Å². The quantitative estimate of drug-likeness (QED) is 0.894. The maximum atomic E-state index is 12.6. The zero-order valence-electron chi connectivity index (χ0n) is 14.6. The summed E-state index contributed by atoms with van der Waals surface area (Å²) in [5.41, 5.74) is 1.41. The van der Waals surface area contributed by atoms with Crippen molar-refractivity contribution < 1.29 is 9.59 Å². The molecule has 0 radical (unpaired) electrons. The van der Waals surface area contributed by atoms with Gasteiger partial charge in [0.2, 0.25) is 5.91 Å². The summed E-state index contributed by atoms with van der Waals surface area (Å²) in [4.78, 5) is 26.9. The van der Waals surface area contributed by atoms with Crippen LogP contribution in [-0.2, 0) is 4.79 Å². The summed E-state index contributed by atoms with van der Waals surface area (Å²) in [7, 11) is 0. The van der Waals surface area contributed by atoms with E-state index in [1.54, 1.807) is 0 Å². The van der Waals surface area contributed by atoms with Crippen molar-refractivity contribution in [1.29, 1.82) is 0 Å². The number of nitrogens with one attached hydrogen (secondary N) is 1. The predicted octanol–water partition coefficient (Wildman–Crippen LogP) is 3.64. The van der Waals surface area contributed by atoms with E-state index in [1.165, 1.54) is 25.7 Å². The molecule has 1 saturated heterocycles. The van der Waals surface area contributed by atoms with Crippen molar-refractivity contribution in [2.75, 3.05) is 29.9 Å². The van der Waals surface area contributed by atoms with Gasteiger partial charge in [-0.1, -0.05) is 12.5 Å². The summed E-state index contributed by atoms with van der Waals surface area (Å²) in [5, 5.41) is 3.01. The Morgan fingerprint density at radius 3 is 2.72 bits per heavy atom. The summed E-state index contributed by atoms with van der Waals surface area (Å²) < 4.78 is 0. The second kappa shape index (κ2) is 7.40. The molecule has 4 rings (SSSR count). The summed E-state index contributed by atoms with van der Waals surface area (Å²) in [6, 6.07) is 7.40. The molecule has 1 heterocycles. The molecule has 3 aliphatic rings. The van der Waals surface area contributed by atoms with E-state index < -0.39 is 0 Å². The van der Waals surface area contributed by atoms with E-state index in [1.807, 2.05) is 40.9 Å². The zero-order chi connectivity index (χ0) is 17.2. The summed E-state index contributed by atoms with van der Waals surface area (Å²) in [6.45, 7) is 1.62. The van der Waals surface area contributed by atoms with E-state index in [2.05, 4.69) is 5.32 Å². The monoisotopic (exact) mass is 358 g/mol. The molecule has 2 saturated carbocycles. The third-order valence-corrected chi connectivity index (χ3v) is 6.97. The second-order valence-corrected chi connectivity index (χ2v) is 8.90. The van der Waals surface area contributed by atoms with E-state index in [9.17, 15) is 9.59 Å². The first-order valence-corrected chi connectivity index (χ1v) is 10.6. The fraction of sp³-hybridized carbons (Fsp3) is 0.600. The molecule has 3 atom stereocenters. The summed E-state index contributed by atoms with van der Waals surface area (Å²) >= 11 is 1.89. The molecule has 2 aliphatic carbocycles. The molecular weight excluding hydrogens is 332 g/mol. The lowest BCUT2D eigenvalue weighted by Crippen LogP contribution is -2.37. The Morgan fingerprint density at radius 2 is 2.00 bits per heavy atom. The molecule has 134 valence electrons.